The van der Waals surface area contributed by atoms with E-state index in [9.17, 15) is 4.79 Å². The quantitative estimate of drug-likeness (QED) is 0.662. The van der Waals surface area contributed by atoms with Crippen molar-refractivity contribution in [2.75, 3.05) is 6.61 Å². The standard InChI is InChI=1S/C10H14O3/c1-8(10(11)12)6-7-13-9-4-2-3-5-9/h4H,1-3,5-7H2,(H,11,12). The zero-order valence-electron chi connectivity index (χ0n) is 7.58. The van der Waals surface area contributed by atoms with Crippen molar-refractivity contribution in [3.8, 4) is 0 Å². The van der Waals surface area contributed by atoms with E-state index in [0.29, 0.717) is 13.0 Å². The van der Waals surface area contributed by atoms with Gasteiger partial charge in [0.05, 0.1) is 12.4 Å². The van der Waals surface area contributed by atoms with Crippen molar-refractivity contribution in [1.82, 2.24) is 0 Å². The molecule has 0 heterocycles. The Morgan fingerprint density at radius 3 is 3.00 bits per heavy atom. The van der Waals surface area contributed by atoms with E-state index in [1.54, 1.807) is 0 Å². The fraction of sp³-hybridized carbons (Fsp3) is 0.500. The van der Waals surface area contributed by atoms with Gasteiger partial charge in [0.25, 0.3) is 0 Å². The molecular formula is C10H14O3. The molecule has 0 spiro atoms. The average Bonchev–Trinajstić information content (AvgIpc) is 2.56. The number of allylic oxidation sites excluding steroid dienone is 2. The van der Waals surface area contributed by atoms with Crippen molar-refractivity contribution < 1.29 is 14.6 Å². The molecule has 3 heteroatoms. The zero-order chi connectivity index (χ0) is 9.68. The molecule has 0 atom stereocenters. The van der Waals surface area contributed by atoms with Crippen LogP contribution < -0.4 is 0 Å². The molecule has 0 aliphatic heterocycles. The molecule has 1 aliphatic rings. The van der Waals surface area contributed by atoms with Gasteiger partial charge in [-0.15, -0.1) is 0 Å². The summed E-state index contributed by atoms with van der Waals surface area (Å²) >= 11 is 0. The first kappa shape index (κ1) is 9.84. The molecule has 0 aromatic rings. The number of ether oxygens (including phenoxy) is 1. The van der Waals surface area contributed by atoms with E-state index in [1.165, 1.54) is 0 Å². The first-order valence-electron chi connectivity index (χ1n) is 4.43. The number of carboxylic acids is 1. The van der Waals surface area contributed by atoms with E-state index in [2.05, 4.69) is 12.7 Å². The molecular weight excluding hydrogens is 168 g/mol. The second-order valence-corrected chi connectivity index (χ2v) is 3.07. The summed E-state index contributed by atoms with van der Waals surface area (Å²) in [6.07, 6.45) is 5.67. The lowest BCUT2D eigenvalue weighted by Crippen LogP contribution is -2.03. The maximum absolute atomic E-state index is 10.4. The van der Waals surface area contributed by atoms with Gasteiger partial charge in [0, 0.05) is 18.4 Å². The van der Waals surface area contributed by atoms with Crippen molar-refractivity contribution >= 4 is 5.97 Å². The van der Waals surface area contributed by atoms with Gasteiger partial charge < -0.3 is 9.84 Å². The number of aliphatic carboxylic acids is 1. The molecule has 0 saturated carbocycles. The summed E-state index contributed by atoms with van der Waals surface area (Å²) in [5, 5.41) is 8.50. The van der Waals surface area contributed by atoms with Crippen LogP contribution in [0.25, 0.3) is 0 Å². The molecule has 1 rings (SSSR count). The lowest BCUT2D eigenvalue weighted by Gasteiger charge is -2.05. The zero-order valence-corrected chi connectivity index (χ0v) is 7.58. The van der Waals surface area contributed by atoms with Crippen LogP contribution in [0.1, 0.15) is 25.7 Å². The van der Waals surface area contributed by atoms with E-state index < -0.39 is 5.97 Å². The average molecular weight is 182 g/mol. The minimum atomic E-state index is -0.941. The largest absolute Gasteiger partial charge is 0.498 e. The molecule has 0 aromatic carbocycles. The van der Waals surface area contributed by atoms with Crippen LogP contribution in [0, 0.1) is 0 Å². The maximum Gasteiger partial charge on any atom is 0.331 e. The molecule has 72 valence electrons. The maximum atomic E-state index is 10.4. The van der Waals surface area contributed by atoms with Crippen LogP contribution in [0.5, 0.6) is 0 Å². The number of carbonyl (C=O) groups is 1. The number of hydrogen-bond acceptors (Lipinski definition) is 2. The van der Waals surface area contributed by atoms with Gasteiger partial charge in [-0.2, -0.15) is 0 Å². The van der Waals surface area contributed by atoms with Crippen LogP contribution in [0.4, 0.5) is 0 Å². The third-order valence-corrected chi connectivity index (χ3v) is 1.99. The van der Waals surface area contributed by atoms with E-state index in [4.69, 9.17) is 9.84 Å². The van der Waals surface area contributed by atoms with Crippen molar-refractivity contribution in [1.29, 1.82) is 0 Å². The Bertz CT molecular complexity index is 239. The Balaban J connectivity index is 2.13. The van der Waals surface area contributed by atoms with Gasteiger partial charge in [0.15, 0.2) is 0 Å². The molecule has 1 aliphatic carbocycles. The van der Waals surface area contributed by atoms with Crippen molar-refractivity contribution in [2.45, 2.75) is 25.7 Å². The van der Waals surface area contributed by atoms with Crippen LogP contribution in [0.3, 0.4) is 0 Å². The summed E-state index contributed by atoms with van der Waals surface area (Å²) in [7, 11) is 0. The fourth-order valence-electron chi connectivity index (χ4n) is 1.18. The van der Waals surface area contributed by atoms with Gasteiger partial charge >= 0.3 is 5.97 Å². The normalized spacial score (nSPS) is 15.2. The van der Waals surface area contributed by atoms with Crippen LogP contribution in [-0.4, -0.2) is 17.7 Å². The molecule has 0 unspecified atom stereocenters. The van der Waals surface area contributed by atoms with Crippen LogP contribution in [0.15, 0.2) is 24.0 Å². The third-order valence-electron chi connectivity index (χ3n) is 1.99. The predicted molar refractivity (Wildman–Crippen MR) is 49.3 cm³/mol. The molecule has 3 nitrogen and oxygen atoms in total. The van der Waals surface area contributed by atoms with Gasteiger partial charge in [-0.3, -0.25) is 0 Å². The Kier molecular flexibility index (Phi) is 3.55. The molecule has 0 fully saturated rings. The summed E-state index contributed by atoms with van der Waals surface area (Å²) in [4.78, 5) is 10.4. The number of hydrogen-bond donors (Lipinski definition) is 1. The minimum absolute atomic E-state index is 0.207. The van der Waals surface area contributed by atoms with E-state index in [0.717, 1.165) is 25.0 Å². The molecule has 0 bridgehead atoms. The van der Waals surface area contributed by atoms with Gasteiger partial charge in [0.2, 0.25) is 0 Å². The molecule has 0 amide bonds. The highest BCUT2D eigenvalue weighted by Crippen LogP contribution is 2.18. The van der Waals surface area contributed by atoms with E-state index in [1.807, 2.05) is 0 Å². The first-order valence-corrected chi connectivity index (χ1v) is 4.43. The summed E-state index contributed by atoms with van der Waals surface area (Å²) in [6, 6.07) is 0. The highest BCUT2D eigenvalue weighted by atomic mass is 16.5. The smallest absolute Gasteiger partial charge is 0.331 e. The Labute approximate surface area is 77.7 Å². The van der Waals surface area contributed by atoms with Gasteiger partial charge in [-0.05, 0) is 18.9 Å². The topological polar surface area (TPSA) is 46.5 Å². The number of carboxylic acid groups (broad SMARTS) is 1. The minimum Gasteiger partial charge on any atom is -0.498 e. The molecule has 13 heavy (non-hydrogen) atoms. The Morgan fingerprint density at radius 1 is 1.69 bits per heavy atom. The van der Waals surface area contributed by atoms with Crippen LogP contribution in [-0.2, 0) is 9.53 Å². The Morgan fingerprint density at radius 2 is 2.46 bits per heavy atom. The van der Waals surface area contributed by atoms with Crippen molar-refractivity contribution in [3.05, 3.63) is 24.0 Å². The molecule has 1 N–H and O–H groups in total. The number of rotatable bonds is 5. The molecule has 0 aromatic heterocycles. The SMILES string of the molecule is C=C(CCOC1=CCCC1)C(=O)O. The highest BCUT2D eigenvalue weighted by Gasteiger charge is 2.07. The van der Waals surface area contributed by atoms with Gasteiger partial charge in [-0.1, -0.05) is 6.58 Å². The van der Waals surface area contributed by atoms with Crippen molar-refractivity contribution in [3.63, 3.8) is 0 Å². The predicted octanol–water partition coefficient (Wildman–Crippen LogP) is 2.10. The lowest BCUT2D eigenvalue weighted by atomic mass is 10.2. The van der Waals surface area contributed by atoms with E-state index >= 15 is 0 Å². The summed E-state index contributed by atoms with van der Waals surface area (Å²) in [6.45, 7) is 3.85. The van der Waals surface area contributed by atoms with Crippen LogP contribution in [0.2, 0.25) is 0 Å². The monoisotopic (exact) mass is 182 g/mol. The second-order valence-electron chi connectivity index (χ2n) is 3.07. The summed E-state index contributed by atoms with van der Waals surface area (Å²) in [5.41, 5.74) is 0.207. The summed E-state index contributed by atoms with van der Waals surface area (Å²) in [5.74, 6) is 0.0576. The molecule has 0 saturated heterocycles. The summed E-state index contributed by atoms with van der Waals surface area (Å²) < 4.78 is 5.36. The van der Waals surface area contributed by atoms with Crippen LogP contribution >= 0.6 is 0 Å². The van der Waals surface area contributed by atoms with E-state index in [-0.39, 0.29) is 5.57 Å². The second kappa shape index (κ2) is 4.70. The van der Waals surface area contributed by atoms with Gasteiger partial charge in [0.1, 0.15) is 0 Å². The Hall–Kier alpha value is -1.25. The first-order chi connectivity index (χ1) is 6.20. The third kappa shape index (κ3) is 3.32. The van der Waals surface area contributed by atoms with Crippen molar-refractivity contribution in [2.24, 2.45) is 0 Å². The fourth-order valence-corrected chi connectivity index (χ4v) is 1.18. The van der Waals surface area contributed by atoms with Gasteiger partial charge in [-0.25, -0.2) is 4.79 Å². The molecule has 0 radical (unpaired) electrons. The lowest BCUT2D eigenvalue weighted by molar-refractivity contribution is -0.132. The highest BCUT2D eigenvalue weighted by molar-refractivity contribution is 5.85.